The Morgan fingerprint density at radius 2 is 1.64 bits per heavy atom. The van der Waals surface area contributed by atoms with Crippen LogP contribution in [0.15, 0.2) is 36.4 Å². The van der Waals surface area contributed by atoms with Gasteiger partial charge in [-0.3, -0.25) is 4.79 Å². The molecule has 0 atom stereocenters. The number of nitrogens with one attached hydrogen (secondary N) is 1. The Hall–Kier alpha value is -2.63. The maximum atomic E-state index is 12.5. The predicted molar refractivity (Wildman–Crippen MR) is 112 cm³/mol. The van der Waals surface area contributed by atoms with Crippen molar-refractivity contribution in [1.29, 1.82) is 0 Å². The van der Waals surface area contributed by atoms with E-state index in [4.69, 9.17) is 0 Å². The molecule has 148 valence electrons. The van der Waals surface area contributed by atoms with E-state index in [1.807, 2.05) is 11.0 Å². The summed E-state index contributed by atoms with van der Waals surface area (Å²) >= 11 is 0. The van der Waals surface area contributed by atoms with E-state index >= 15 is 0 Å². The van der Waals surface area contributed by atoms with Gasteiger partial charge >= 0.3 is 0 Å². The zero-order valence-corrected chi connectivity index (χ0v) is 16.6. The quantitative estimate of drug-likeness (QED) is 0.867. The van der Waals surface area contributed by atoms with Gasteiger partial charge < -0.3 is 15.1 Å². The summed E-state index contributed by atoms with van der Waals surface area (Å²) in [6.45, 7) is 6.24. The zero-order chi connectivity index (χ0) is 19.3. The first-order valence-electron chi connectivity index (χ1n) is 10.4. The van der Waals surface area contributed by atoms with E-state index in [1.165, 1.54) is 24.9 Å². The van der Waals surface area contributed by atoms with Crippen molar-refractivity contribution in [2.45, 2.75) is 39.0 Å². The Labute approximate surface area is 166 Å². The van der Waals surface area contributed by atoms with Crippen molar-refractivity contribution < 1.29 is 4.79 Å². The number of carbonyl (C=O) groups is 1. The molecule has 2 saturated heterocycles. The lowest BCUT2D eigenvalue weighted by Crippen LogP contribution is -2.36. The molecule has 2 fully saturated rings. The fourth-order valence-electron chi connectivity index (χ4n) is 3.94. The highest BCUT2D eigenvalue weighted by molar-refractivity contribution is 5.92. The summed E-state index contributed by atoms with van der Waals surface area (Å²) in [5.74, 6) is 1.47. The highest BCUT2D eigenvalue weighted by Gasteiger charge is 2.19. The Balaban J connectivity index is 1.35. The van der Waals surface area contributed by atoms with E-state index in [-0.39, 0.29) is 5.91 Å². The molecule has 0 spiro atoms. The fraction of sp³-hybridized carbons (Fsp3) is 0.500. The second-order valence-electron chi connectivity index (χ2n) is 8.00. The molecule has 1 N–H and O–H groups in total. The minimum Gasteiger partial charge on any atom is -0.372 e. The van der Waals surface area contributed by atoms with Crippen LogP contribution in [0, 0.1) is 5.92 Å². The molecule has 2 aliphatic heterocycles. The molecular formula is C22H29N5O. The Kier molecular flexibility index (Phi) is 5.74. The first-order chi connectivity index (χ1) is 13.7. The van der Waals surface area contributed by atoms with Crippen LogP contribution in [0.1, 0.15) is 49.5 Å². The zero-order valence-electron chi connectivity index (χ0n) is 16.6. The van der Waals surface area contributed by atoms with Gasteiger partial charge in [-0.1, -0.05) is 6.92 Å². The summed E-state index contributed by atoms with van der Waals surface area (Å²) in [6, 6.07) is 12.0. The highest BCUT2D eigenvalue weighted by atomic mass is 16.2. The van der Waals surface area contributed by atoms with Gasteiger partial charge in [0.05, 0.1) is 0 Å². The van der Waals surface area contributed by atoms with Gasteiger partial charge in [-0.15, -0.1) is 10.2 Å². The van der Waals surface area contributed by atoms with Crippen LogP contribution in [-0.4, -0.2) is 47.2 Å². The average Bonchev–Trinajstić information content (AvgIpc) is 2.76. The molecule has 1 aromatic carbocycles. The number of hydrogen-bond donors (Lipinski definition) is 1. The maximum absolute atomic E-state index is 12.5. The van der Waals surface area contributed by atoms with Crippen LogP contribution in [0.4, 0.5) is 17.2 Å². The maximum Gasteiger partial charge on any atom is 0.274 e. The third-order valence-electron chi connectivity index (χ3n) is 5.82. The summed E-state index contributed by atoms with van der Waals surface area (Å²) in [4.78, 5) is 16.8. The van der Waals surface area contributed by atoms with Crippen molar-refractivity contribution in [3.8, 4) is 0 Å². The van der Waals surface area contributed by atoms with E-state index < -0.39 is 0 Å². The molecular weight excluding hydrogens is 350 g/mol. The van der Waals surface area contributed by atoms with Gasteiger partial charge in [0.25, 0.3) is 5.91 Å². The van der Waals surface area contributed by atoms with E-state index in [0.29, 0.717) is 11.5 Å². The number of amides is 1. The predicted octanol–water partition coefficient (Wildman–Crippen LogP) is 4.08. The molecule has 0 bridgehead atoms. The second-order valence-corrected chi connectivity index (χ2v) is 8.00. The van der Waals surface area contributed by atoms with E-state index in [0.717, 1.165) is 50.6 Å². The van der Waals surface area contributed by atoms with Crippen molar-refractivity contribution >= 4 is 23.1 Å². The second kappa shape index (κ2) is 8.59. The third-order valence-corrected chi connectivity index (χ3v) is 5.82. The molecule has 28 heavy (non-hydrogen) atoms. The molecule has 2 aromatic rings. The number of nitrogens with zero attached hydrogens (tertiary/aromatic N) is 4. The van der Waals surface area contributed by atoms with Crippen LogP contribution < -0.4 is 10.2 Å². The molecule has 3 heterocycles. The molecule has 0 aliphatic carbocycles. The molecule has 4 rings (SSSR count). The summed E-state index contributed by atoms with van der Waals surface area (Å²) in [7, 11) is 0. The van der Waals surface area contributed by atoms with Crippen molar-refractivity contribution in [3.05, 3.63) is 42.1 Å². The summed E-state index contributed by atoms with van der Waals surface area (Å²) < 4.78 is 0. The normalized spacial score (nSPS) is 18.2. The number of rotatable bonds is 4. The first-order valence-corrected chi connectivity index (χ1v) is 10.4. The molecule has 1 aromatic heterocycles. The van der Waals surface area contributed by atoms with Crippen LogP contribution in [-0.2, 0) is 0 Å². The highest BCUT2D eigenvalue weighted by Crippen LogP contribution is 2.25. The lowest BCUT2D eigenvalue weighted by molar-refractivity contribution is 0.0717. The molecule has 6 nitrogen and oxygen atoms in total. The minimum absolute atomic E-state index is 0.0149. The minimum atomic E-state index is -0.0149. The fourth-order valence-corrected chi connectivity index (χ4v) is 3.94. The lowest BCUT2D eigenvalue weighted by atomic mass is 9.99. The summed E-state index contributed by atoms with van der Waals surface area (Å²) in [5, 5.41) is 11.6. The molecule has 0 radical (unpaired) electrons. The lowest BCUT2D eigenvalue weighted by Gasteiger charge is -2.32. The number of likely N-dealkylation sites (tertiary alicyclic amines) is 1. The molecule has 1 amide bonds. The Morgan fingerprint density at radius 3 is 2.29 bits per heavy atom. The number of carbonyl (C=O) groups excluding carboxylic acids is 1. The van der Waals surface area contributed by atoms with Gasteiger partial charge in [-0.2, -0.15) is 0 Å². The van der Waals surface area contributed by atoms with Crippen LogP contribution in [0.2, 0.25) is 0 Å². The van der Waals surface area contributed by atoms with Crippen molar-refractivity contribution in [2.24, 2.45) is 5.92 Å². The van der Waals surface area contributed by atoms with Crippen LogP contribution in [0.3, 0.4) is 0 Å². The number of hydrogen-bond acceptors (Lipinski definition) is 5. The van der Waals surface area contributed by atoms with Gasteiger partial charge in [-0.05, 0) is 74.4 Å². The van der Waals surface area contributed by atoms with Gasteiger partial charge in [0, 0.05) is 37.6 Å². The Morgan fingerprint density at radius 1 is 0.929 bits per heavy atom. The van der Waals surface area contributed by atoms with Crippen molar-refractivity contribution in [1.82, 2.24) is 15.1 Å². The number of anilines is 3. The smallest absolute Gasteiger partial charge is 0.274 e. The standard InChI is InChI=1S/C22H29N5O/c1-17-11-15-26(16-12-17)19-7-5-18(6-8-19)23-21-10-9-20(24-25-21)22(28)27-13-3-2-4-14-27/h5-10,17H,2-4,11-16H2,1H3,(H,23,25). The van der Waals surface area contributed by atoms with E-state index in [2.05, 4.69) is 51.6 Å². The third kappa shape index (κ3) is 4.43. The van der Waals surface area contributed by atoms with Crippen LogP contribution in [0.5, 0.6) is 0 Å². The van der Waals surface area contributed by atoms with Gasteiger partial charge in [-0.25, -0.2) is 0 Å². The van der Waals surface area contributed by atoms with Gasteiger partial charge in [0.2, 0.25) is 0 Å². The van der Waals surface area contributed by atoms with Crippen molar-refractivity contribution in [3.63, 3.8) is 0 Å². The topological polar surface area (TPSA) is 61.4 Å². The van der Waals surface area contributed by atoms with Crippen molar-refractivity contribution in [2.75, 3.05) is 36.4 Å². The monoisotopic (exact) mass is 379 g/mol. The summed E-state index contributed by atoms with van der Waals surface area (Å²) in [6.07, 6.45) is 5.88. The first kappa shape index (κ1) is 18.7. The molecule has 6 heteroatoms. The number of benzene rings is 1. The molecule has 0 unspecified atom stereocenters. The van der Waals surface area contributed by atoms with Gasteiger partial charge in [0.15, 0.2) is 11.5 Å². The van der Waals surface area contributed by atoms with Gasteiger partial charge in [0.1, 0.15) is 0 Å². The van der Waals surface area contributed by atoms with Crippen LogP contribution in [0.25, 0.3) is 0 Å². The summed E-state index contributed by atoms with van der Waals surface area (Å²) in [5.41, 5.74) is 2.66. The SMILES string of the molecule is CC1CCN(c2ccc(Nc3ccc(C(=O)N4CCCCC4)nn3)cc2)CC1. The molecule has 0 saturated carbocycles. The van der Waals surface area contributed by atoms with Crippen LogP contribution >= 0.6 is 0 Å². The Bertz CT molecular complexity index is 776. The van der Waals surface area contributed by atoms with E-state index in [1.54, 1.807) is 6.07 Å². The molecule has 2 aliphatic rings. The number of piperidine rings is 2. The van der Waals surface area contributed by atoms with E-state index in [9.17, 15) is 4.79 Å². The average molecular weight is 380 g/mol. The largest absolute Gasteiger partial charge is 0.372 e. The number of aromatic nitrogens is 2.